The normalized spacial score (nSPS) is 10.0. The standard InChI is InChI=1S/4C6H12NO3.3Ti/c4*8-4-1-7(2-5-9)3-6-10;;;/h4*1-6H2;;;/q4*-3;3*+4. The average Bonchev–Trinajstić information content (AvgIpc) is 2.92. The van der Waals surface area contributed by atoms with Crippen molar-refractivity contribution < 1.29 is 126 Å². The molecule has 0 aromatic rings. The van der Waals surface area contributed by atoms with E-state index in [0.29, 0.717) is 78.5 Å². The van der Waals surface area contributed by atoms with Crippen LogP contribution in [0.5, 0.6) is 0 Å². The molecule has 16 nitrogen and oxygen atoms in total. The van der Waals surface area contributed by atoms with Gasteiger partial charge in [-0.3, -0.25) is 0 Å². The van der Waals surface area contributed by atoms with E-state index >= 15 is 0 Å². The van der Waals surface area contributed by atoms with E-state index < -0.39 is 0 Å². The van der Waals surface area contributed by atoms with Crippen LogP contribution in [0, 0.1) is 0 Å². The molecule has 0 heterocycles. The summed E-state index contributed by atoms with van der Waals surface area (Å²) < 4.78 is 0. The Balaban J connectivity index is -0.0000000785. The predicted molar refractivity (Wildman–Crippen MR) is 124 cm³/mol. The molecule has 0 amide bonds. The third-order valence-electron chi connectivity index (χ3n) is 4.89. The van der Waals surface area contributed by atoms with Crippen molar-refractivity contribution in [3.63, 3.8) is 0 Å². The van der Waals surface area contributed by atoms with Gasteiger partial charge in [-0.05, 0) is 78.5 Å². The van der Waals surface area contributed by atoms with Crippen molar-refractivity contribution in [1.82, 2.24) is 19.6 Å². The zero-order chi connectivity index (χ0) is 31.3. The number of hydrogen-bond acceptors (Lipinski definition) is 16. The van der Waals surface area contributed by atoms with Gasteiger partial charge in [0.15, 0.2) is 0 Å². The third-order valence-corrected chi connectivity index (χ3v) is 4.89. The van der Waals surface area contributed by atoms with Gasteiger partial charge in [-0.2, -0.15) is 0 Å². The van der Waals surface area contributed by atoms with Crippen LogP contribution in [0.25, 0.3) is 0 Å². The SMILES string of the molecule is [O-]CCN(CC[O-])CC[O-].[O-]CCN(CC[O-])CC[O-].[O-]CCN(CC[O-])CC[O-].[O-]CCN(CC[O-])CC[O-].[Ti+4].[Ti+4].[Ti+4]. The van der Waals surface area contributed by atoms with Crippen LogP contribution in [0.3, 0.4) is 0 Å². The van der Waals surface area contributed by atoms with Crippen LogP contribution in [-0.2, 0) is 65.2 Å². The van der Waals surface area contributed by atoms with Crippen molar-refractivity contribution in [3.05, 3.63) is 0 Å². The summed E-state index contributed by atoms with van der Waals surface area (Å²) in [5.74, 6) is 0. The molecule has 0 fully saturated rings. The molecule has 0 aliphatic rings. The minimum absolute atomic E-state index is 0. The van der Waals surface area contributed by atoms with Gasteiger partial charge < -0.3 is 80.9 Å². The maximum Gasteiger partial charge on any atom is 4.00 e. The Morgan fingerprint density at radius 3 is 0.302 bits per heavy atom. The van der Waals surface area contributed by atoms with Crippen molar-refractivity contribution in [3.8, 4) is 0 Å². The molecular formula is C24H48N4O12Ti3. The summed E-state index contributed by atoms with van der Waals surface area (Å²) in [5.41, 5.74) is 0. The monoisotopic (exact) mass is 728 g/mol. The van der Waals surface area contributed by atoms with E-state index in [2.05, 4.69) is 0 Å². The van der Waals surface area contributed by atoms with Crippen LogP contribution in [0.1, 0.15) is 0 Å². The van der Waals surface area contributed by atoms with E-state index in [9.17, 15) is 61.3 Å². The molecule has 0 aromatic heterocycles. The van der Waals surface area contributed by atoms with Gasteiger partial charge in [0.05, 0.1) is 0 Å². The van der Waals surface area contributed by atoms with Crippen LogP contribution in [0.4, 0.5) is 0 Å². The molecule has 19 heteroatoms. The van der Waals surface area contributed by atoms with Gasteiger partial charge in [0.2, 0.25) is 0 Å². The Hall–Kier alpha value is 1.50. The second kappa shape index (κ2) is 55.9. The van der Waals surface area contributed by atoms with Gasteiger partial charge in [-0.1, -0.05) is 0 Å². The molecule has 0 atom stereocenters. The quantitative estimate of drug-likeness (QED) is 0.0834. The summed E-state index contributed by atoms with van der Waals surface area (Å²) in [5, 5.41) is 121. The molecule has 0 rings (SSSR count). The van der Waals surface area contributed by atoms with Crippen molar-refractivity contribution in [2.45, 2.75) is 0 Å². The fraction of sp³-hybridized carbons (Fsp3) is 1.00. The minimum atomic E-state index is -0.236. The maximum absolute atomic E-state index is 10.0. The second-order valence-corrected chi connectivity index (χ2v) is 7.82. The Kier molecular flexibility index (Phi) is 77.8. The predicted octanol–water partition coefficient (Wildman–Crippen LogP) is -14.5. The van der Waals surface area contributed by atoms with Gasteiger partial charge >= 0.3 is 65.2 Å². The molecule has 0 saturated heterocycles. The van der Waals surface area contributed by atoms with Crippen molar-refractivity contribution in [1.29, 1.82) is 0 Å². The van der Waals surface area contributed by atoms with E-state index in [-0.39, 0.29) is 144 Å². The number of nitrogens with zero attached hydrogens (tertiary/aromatic N) is 4. The van der Waals surface area contributed by atoms with Crippen molar-refractivity contribution in [2.75, 3.05) is 158 Å². The summed E-state index contributed by atoms with van der Waals surface area (Å²) in [7, 11) is 0. The molecule has 0 spiro atoms. The molecule has 0 unspecified atom stereocenters. The van der Waals surface area contributed by atoms with Gasteiger partial charge in [-0.25, -0.2) is 0 Å². The van der Waals surface area contributed by atoms with Gasteiger partial charge in [0, 0.05) is 0 Å². The fourth-order valence-electron chi connectivity index (χ4n) is 2.89. The zero-order valence-electron chi connectivity index (χ0n) is 25.2. The summed E-state index contributed by atoms with van der Waals surface area (Å²) in [6.45, 7) is 1.05. The van der Waals surface area contributed by atoms with Gasteiger partial charge in [0.25, 0.3) is 0 Å². The molecular weight excluding hydrogens is 680 g/mol. The topological polar surface area (TPSA) is 290 Å². The van der Waals surface area contributed by atoms with E-state index in [1.165, 1.54) is 0 Å². The van der Waals surface area contributed by atoms with Crippen molar-refractivity contribution in [2.24, 2.45) is 0 Å². The summed E-state index contributed by atoms with van der Waals surface area (Å²) in [6, 6.07) is 0. The average molecular weight is 728 g/mol. The summed E-state index contributed by atoms with van der Waals surface area (Å²) in [6.07, 6.45) is 0. The van der Waals surface area contributed by atoms with E-state index in [1.54, 1.807) is 19.6 Å². The first-order valence-electron chi connectivity index (χ1n) is 13.3. The van der Waals surface area contributed by atoms with Gasteiger partial charge in [0.1, 0.15) is 0 Å². The summed E-state index contributed by atoms with van der Waals surface area (Å²) in [4.78, 5) is 6.42. The molecule has 0 saturated carbocycles. The molecule has 0 aromatic carbocycles. The first-order valence-corrected chi connectivity index (χ1v) is 13.3. The number of rotatable bonds is 24. The molecule has 0 N–H and O–H groups in total. The first-order chi connectivity index (χ1) is 19.4. The van der Waals surface area contributed by atoms with Crippen LogP contribution in [0.15, 0.2) is 0 Å². The molecule has 43 heavy (non-hydrogen) atoms. The second-order valence-electron chi connectivity index (χ2n) is 7.82. The van der Waals surface area contributed by atoms with Crippen LogP contribution >= 0.6 is 0 Å². The molecule has 248 valence electrons. The van der Waals surface area contributed by atoms with Crippen LogP contribution in [0.2, 0.25) is 0 Å². The third kappa shape index (κ3) is 53.3. The van der Waals surface area contributed by atoms with Crippen LogP contribution in [-0.4, -0.2) is 177 Å². The molecule has 0 aliphatic carbocycles. The Morgan fingerprint density at radius 1 is 0.186 bits per heavy atom. The van der Waals surface area contributed by atoms with E-state index in [1.807, 2.05) is 0 Å². The van der Waals surface area contributed by atoms with Gasteiger partial charge in [-0.15, -0.1) is 79.3 Å². The molecule has 0 radical (unpaired) electrons. The van der Waals surface area contributed by atoms with E-state index in [4.69, 9.17) is 0 Å². The Morgan fingerprint density at radius 2 is 0.256 bits per heavy atom. The van der Waals surface area contributed by atoms with Crippen LogP contribution < -0.4 is 61.3 Å². The number of hydrogen-bond donors (Lipinski definition) is 0. The molecule has 0 bridgehead atoms. The van der Waals surface area contributed by atoms with E-state index in [0.717, 1.165) is 0 Å². The smallest absolute Gasteiger partial charge is 0.854 e. The fourth-order valence-corrected chi connectivity index (χ4v) is 2.89. The molecule has 0 aliphatic heterocycles. The Bertz CT molecular complexity index is 311. The van der Waals surface area contributed by atoms with Crippen molar-refractivity contribution >= 4 is 0 Å². The first kappa shape index (κ1) is 59.9. The maximum atomic E-state index is 10.0. The minimum Gasteiger partial charge on any atom is -0.854 e. The zero-order valence-corrected chi connectivity index (χ0v) is 29.8. The Labute approximate surface area is 302 Å². The summed E-state index contributed by atoms with van der Waals surface area (Å²) >= 11 is 0. The largest absolute Gasteiger partial charge is 4.00 e.